The number of carbonyl (C=O) groups excluding carboxylic acids is 1. The monoisotopic (exact) mass is 203 g/mol. The van der Waals surface area contributed by atoms with E-state index in [0.29, 0.717) is 5.88 Å². The lowest BCUT2D eigenvalue weighted by Crippen LogP contribution is -2.27. The summed E-state index contributed by atoms with van der Waals surface area (Å²) in [5, 5.41) is 2.94. The fourth-order valence-electron chi connectivity index (χ4n) is 1.47. The molecule has 1 saturated carbocycles. The summed E-state index contributed by atoms with van der Waals surface area (Å²) in [6.07, 6.45) is 3.01. The standard InChI is InChI=1S/C10H18ClNO/c1-10(2)7-8(10)9(13)12-6-4-3-5-11/h8H,3-7H2,1-2H3,(H,12,13). The Bertz CT molecular complexity index is 191. The highest BCUT2D eigenvalue weighted by Gasteiger charge is 2.50. The molecule has 0 bridgehead atoms. The van der Waals surface area contributed by atoms with Crippen LogP contribution in [0.5, 0.6) is 0 Å². The first-order valence-corrected chi connectivity index (χ1v) is 5.45. The van der Waals surface area contributed by atoms with Gasteiger partial charge in [0.2, 0.25) is 5.91 Å². The van der Waals surface area contributed by atoms with E-state index >= 15 is 0 Å². The van der Waals surface area contributed by atoms with Gasteiger partial charge in [0, 0.05) is 18.3 Å². The summed E-state index contributed by atoms with van der Waals surface area (Å²) in [6, 6.07) is 0. The molecule has 0 radical (unpaired) electrons. The van der Waals surface area contributed by atoms with Crippen molar-refractivity contribution in [1.82, 2.24) is 5.32 Å². The van der Waals surface area contributed by atoms with Crippen LogP contribution in [-0.2, 0) is 4.79 Å². The number of nitrogens with one attached hydrogen (secondary N) is 1. The van der Waals surface area contributed by atoms with Crippen LogP contribution >= 0.6 is 11.6 Å². The zero-order chi connectivity index (χ0) is 9.90. The summed E-state index contributed by atoms with van der Waals surface area (Å²) in [7, 11) is 0. The molecule has 1 N–H and O–H groups in total. The zero-order valence-electron chi connectivity index (χ0n) is 8.40. The molecule has 0 spiro atoms. The normalized spacial score (nSPS) is 24.1. The second kappa shape index (κ2) is 4.32. The Morgan fingerprint density at radius 1 is 1.54 bits per heavy atom. The highest BCUT2D eigenvalue weighted by atomic mass is 35.5. The Labute approximate surface area is 85.0 Å². The van der Waals surface area contributed by atoms with Gasteiger partial charge in [-0.25, -0.2) is 0 Å². The number of hydrogen-bond acceptors (Lipinski definition) is 1. The molecule has 0 aromatic rings. The first-order chi connectivity index (χ1) is 6.08. The lowest BCUT2D eigenvalue weighted by molar-refractivity contribution is -0.122. The third kappa shape index (κ3) is 3.18. The first-order valence-electron chi connectivity index (χ1n) is 4.91. The maximum Gasteiger partial charge on any atom is 0.223 e. The van der Waals surface area contributed by atoms with Crippen molar-refractivity contribution in [3.05, 3.63) is 0 Å². The Balaban J connectivity index is 2.06. The summed E-state index contributed by atoms with van der Waals surface area (Å²) >= 11 is 5.52. The molecule has 1 atom stereocenters. The van der Waals surface area contributed by atoms with Crippen LogP contribution in [0.2, 0.25) is 0 Å². The van der Waals surface area contributed by atoms with Gasteiger partial charge in [0.25, 0.3) is 0 Å². The van der Waals surface area contributed by atoms with E-state index in [9.17, 15) is 4.79 Å². The van der Waals surface area contributed by atoms with E-state index in [1.165, 1.54) is 0 Å². The van der Waals surface area contributed by atoms with Crippen molar-refractivity contribution in [1.29, 1.82) is 0 Å². The molecule has 0 saturated heterocycles. The lowest BCUT2D eigenvalue weighted by atomic mass is 10.1. The predicted octanol–water partition coefficient (Wildman–Crippen LogP) is 2.17. The van der Waals surface area contributed by atoms with E-state index in [4.69, 9.17) is 11.6 Å². The summed E-state index contributed by atoms with van der Waals surface area (Å²) in [6.45, 7) is 5.05. The van der Waals surface area contributed by atoms with E-state index < -0.39 is 0 Å². The second-order valence-corrected chi connectivity index (χ2v) is 4.81. The molecule has 76 valence electrons. The third-order valence-electron chi connectivity index (χ3n) is 2.69. The second-order valence-electron chi connectivity index (χ2n) is 4.43. The van der Waals surface area contributed by atoms with Crippen molar-refractivity contribution in [3.8, 4) is 0 Å². The fraction of sp³-hybridized carbons (Fsp3) is 0.900. The van der Waals surface area contributed by atoms with Gasteiger partial charge >= 0.3 is 0 Å². The molecular weight excluding hydrogens is 186 g/mol. The number of rotatable bonds is 5. The lowest BCUT2D eigenvalue weighted by Gasteiger charge is -2.05. The van der Waals surface area contributed by atoms with Gasteiger partial charge in [-0.2, -0.15) is 0 Å². The van der Waals surface area contributed by atoms with E-state index in [0.717, 1.165) is 25.8 Å². The van der Waals surface area contributed by atoms with Crippen molar-refractivity contribution >= 4 is 17.5 Å². The van der Waals surface area contributed by atoms with Crippen molar-refractivity contribution in [2.45, 2.75) is 33.1 Å². The number of alkyl halides is 1. The van der Waals surface area contributed by atoms with Crippen molar-refractivity contribution in [3.63, 3.8) is 0 Å². The molecule has 0 aromatic carbocycles. The van der Waals surface area contributed by atoms with Crippen molar-refractivity contribution < 1.29 is 4.79 Å². The van der Waals surface area contributed by atoms with Crippen LogP contribution < -0.4 is 5.32 Å². The molecule has 1 unspecified atom stereocenters. The molecule has 3 heteroatoms. The van der Waals surface area contributed by atoms with Crippen molar-refractivity contribution in [2.24, 2.45) is 11.3 Å². The van der Waals surface area contributed by atoms with E-state index in [2.05, 4.69) is 19.2 Å². The number of halogens is 1. The molecular formula is C10H18ClNO. The Hall–Kier alpha value is -0.240. The van der Waals surface area contributed by atoms with Crippen molar-refractivity contribution in [2.75, 3.05) is 12.4 Å². The summed E-state index contributed by atoms with van der Waals surface area (Å²) in [5.74, 6) is 1.16. The molecule has 0 aliphatic heterocycles. The van der Waals surface area contributed by atoms with Crippen LogP contribution in [0, 0.1) is 11.3 Å². The number of carbonyl (C=O) groups is 1. The average molecular weight is 204 g/mol. The SMILES string of the molecule is CC1(C)CC1C(=O)NCCCCCl. The number of hydrogen-bond donors (Lipinski definition) is 1. The first kappa shape index (κ1) is 10.8. The molecule has 13 heavy (non-hydrogen) atoms. The summed E-state index contributed by atoms with van der Waals surface area (Å²) < 4.78 is 0. The average Bonchev–Trinajstić information content (AvgIpc) is 2.69. The van der Waals surface area contributed by atoms with E-state index in [1.807, 2.05) is 0 Å². The summed E-state index contributed by atoms with van der Waals surface area (Å²) in [5.41, 5.74) is 0.247. The predicted molar refractivity (Wildman–Crippen MR) is 54.9 cm³/mol. The van der Waals surface area contributed by atoms with E-state index in [-0.39, 0.29) is 17.2 Å². The van der Waals surface area contributed by atoms with Gasteiger partial charge in [-0.15, -0.1) is 11.6 Å². The Morgan fingerprint density at radius 3 is 2.62 bits per heavy atom. The van der Waals surface area contributed by atoms with Gasteiger partial charge in [0.1, 0.15) is 0 Å². The molecule has 1 fully saturated rings. The van der Waals surface area contributed by atoms with Crippen LogP contribution in [0.3, 0.4) is 0 Å². The van der Waals surface area contributed by atoms with Gasteiger partial charge in [-0.1, -0.05) is 13.8 Å². The van der Waals surface area contributed by atoms with Crippen LogP contribution in [-0.4, -0.2) is 18.3 Å². The highest BCUT2D eigenvalue weighted by Crippen LogP contribution is 2.51. The smallest absolute Gasteiger partial charge is 0.223 e. The van der Waals surface area contributed by atoms with Gasteiger partial charge in [-0.05, 0) is 24.7 Å². The van der Waals surface area contributed by atoms with Gasteiger partial charge in [-0.3, -0.25) is 4.79 Å². The molecule has 1 aliphatic carbocycles. The topological polar surface area (TPSA) is 29.1 Å². The Kier molecular flexibility index (Phi) is 3.60. The molecule has 2 nitrogen and oxygen atoms in total. The minimum absolute atomic E-state index is 0.222. The summed E-state index contributed by atoms with van der Waals surface area (Å²) in [4.78, 5) is 11.4. The van der Waals surface area contributed by atoms with Crippen LogP contribution in [0.1, 0.15) is 33.1 Å². The van der Waals surface area contributed by atoms with Gasteiger partial charge in [0.05, 0.1) is 0 Å². The largest absolute Gasteiger partial charge is 0.356 e. The van der Waals surface area contributed by atoms with Crippen LogP contribution in [0.25, 0.3) is 0 Å². The zero-order valence-corrected chi connectivity index (χ0v) is 9.16. The van der Waals surface area contributed by atoms with Crippen LogP contribution in [0.15, 0.2) is 0 Å². The minimum Gasteiger partial charge on any atom is -0.356 e. The van der Waals surface area contributed by atoms with Gasteiger partial charge in [0.15, 0.2) is 0 Å². The maximum absolute atomic E-state index is 11.4. The van der Waals surface area contributed by atoms with Gasteiger partial charge < -0.3 is 5.32 Å². The fourth-order valence-corrected chi connectivity index (χ4v) is 1.66. The van der Waals surface area contributed by atoms with E-state index in [1.54, 1.807) is 0 Å². The molecule has 1 amide bonds. The molecule has 1 rings (SSSR count). The highest BCUT2D eigenvalue weighted by molar-refractivity contribution is 6.17. The third-order valence-corrected chi connectivity index (χ3v) is 2.96. The quantitative estimate of drug-likeness (QED) is 0.539. The van der Waals surface area contributed by atoms with Crippen LogP contribution in [0.4, 0.5) is 0 Å². The molecule has 1 aliphatic rings. The molecule has 0 heterocycles. The maximum atomic E-state index is 11.4. The molecule has 0 aromatic heterocycles. The Morgan fingerprint density at radius 2 is 2.15 bits per heavy atom. The number of unbranched alkanes of at least 4 members (excludes halogenated alkanes) is 1. The number of amides is 1. The minimum atomic E-state index is 0.222.